The lowest BCUT2D eigenvalue weighted by Crippen LogP contribution is -2.30. The van der Waals surface area contributed by atoms with Gasteiger partial charge in [0, 0.05) is 6.54 Å². The monoisotopic (exact) mass is 341 g/mol. The van der Waals surface area contributed by atoms with Crippen LogP contribution in [0.5, 0.6) is 11.5 Å². The summed E-state index contributed by atoms with van der Waals surface area (Å²) in [6, 6.07) is 13.9. The van der Waals surface area contributed by atoms with Crippen LogP contribution in [0.2, 0.25) is 0 Å². The minimum absolute atomic E-state index is 0.0229. The van der Waals surface area contributed by atoms with Crippen molar-refractivity contribution in [3.63, 3.8) is 0 Å². The van der Waals surface area contributed by atoms with Crippen LogP contribution in [-0.2, 0) is 11.2 Å². The molecule has 0 aliphatic carbocycles. The summed E-state index contributed by atoms with van der Waals surface area (Å²) in [7, 11) is 1.65. The molecule has 2 rings (SSSR count). The fourth-order valence-electron chi connectivity index (χ4n) is 2.68. The average Bonchev–Trinajstić information content (AvgIpc) is 2.60. The maximum atomic E-state index is 12.1. The van der Waals surface area contributed by atoms with E-state index < -0.39 is 0 Å². The Morgan fingerprint density at radius 1 is 1.12 bits per heavy atom. The molecule has 0 heterocycles. The third kappa shape index (κ3) is 5.52. The minimum atomic E-state index is -0.119. The molecule has 134 valence electrons. The van der Waals surface area contributed by atoms with E-state index in [0.29, 0.717) is 12.5 Å². The third-order valence-corrected chi connectivity index (χ3v) is 4.06. The number of hydrogen-bond donors (Lipinski definition) is 1. The first kappa shape index (κ1) is 18.8. The van der Waals surface area contributed by atoms with Gasteiger partial charge in [-0.25, -0.2) is 0 Å². The van der Waals surface area contributed by atoms with Crippen LogP contribution in [0.4, 0.5) is 0 Å². The highest BCUT2D eigenvalue weighted by Crippen LogP contribution is 2.27. The number of hydrogen-bond acceptors (Lipinski definition) is 3. The Labute approximate surface area is 150 Å². The van der Waals surface area contributed by atoms with Crippen molar-refractivity contribution in [1.29, 1.82) is 0 Å². The number of ether oxygens (including phenoxy) is 2. The van der Waals surface area contributed by atoms with Crippen LogP contribution in [0.3, 0.4) is 0 Å². The summed E-state index contributed by atoms with van der Waals surface area (Å²) in [6.45, 7) is 6.82. The second kappa shape index (κ2) is 9.11. The maximum absolute atomic E-state index is 12.1. The van der Waals surface area contributed by atoms with Gasteiger partial charge in [0.15, 0.2) is 6.61 Å². The molecule has 2 aromatic rings. The van der Waals surface area contributed by atoms with E-state index in [2.05, 4.69) is 31.3 Å². The van der Waals surface area contributed by atoms with Crippen LogP contribution < -0.4 is 14.8 Å². The number of aryl methyl sites for hydroxylation is 1. The average molecular weight is 341 g/mol. The van der Waals surface area contributed by atoms with Crippen molar-refractivity contribution in [2.45, 2.75) is 33.1 Å². The Bertz CT molecular complexity index is 710. The molecule has 1 amide bonds. The maximum Gasteiger partial charge on any atom is 0.257 e. The zero-order valence-electron chi connectivity index (χ0n) is 15.5. The number of carbonyl (C=O) groups excluding carboxylic acids is 1. The molecule has 2 aromatic carbocycles. The summed E-state index contributed by atoms with van der Waals surface area (Å²) >= 11 is 0. The Morgan fingerprint density at radius 3 is 2.60 bits per heavy atom. The van der Waals surface area contributed by atoms with E-state index in [4.69, 9.17) is 9.47 Å². The molecule has 1 N–H and O–H groups in total. The normalized spacial score (nSPS) is 10.6. The number of carbonyl (C=O) groups is 1. The number of nitrogens with one attached hydrogen (secondary N) is 1. The first-order valence-electron chi connectivity index (χ1n) is 8.63. The van der Waals surface area contributed by atoms with Gasteiger partial charge in [0.1, 0.15) is 11.5 Å². The highest BCUT2D eigenvalue weighted by Gasteiger charge is 2.10. The number of amides is 1. The van der Waals surface area contributed by atoms with Gasteiger partial charge < -0.3 is 14.8 Å². The zero-order valence-corrected chi connectivity index (χ0v) is 15.5. The van der Waals surface area contributed by atoms with Gasteiger partial charge in [-0.2, -0.15) is 0 Å². The minimum Gasteiger partial charge on any atom is -0.496 e. The fourth-order valence-corrected chi connectivity index (χ4v) is 2.68. The number of rotatable bonds is 8. The van der Waals surface area contributed by atoms with Gasteiger partial charge in [-0.05, 0) is 48.1 Å². The van der Waals surface area contributed by atoms with Gasteiger partial charge in [-0.15, -0.1) is 0 Å². The molecule has 0 fully saturated rings. The van der Waals surface area contributed by atoms with Crippen LogP contribution in [0.15, 0.2) is 42.5 Å². The number of para-hydroxylation sites is 1. The molecule has 0 spiro atoms. The predicted octanol–water partition coefficient (Wildman–Crippen LogP) is 3.86. The Morgan fingerprint density at radius 2 is 1.88 bits per heavy atom. The predicted molar refractivity (Wildman–Crippen MR) is 100 cm³/mol. The second-order valence-electron chi connectivity index (χ2n) is 6.40. The van der Waals surface area contributed by atoms with Crippen LogP contribution >= 0.6 is 0 Å². The molecular formula is C21H27NO3. The lowest BCUT2D eigenvalue weighted by atomic mass is 10.0. The molecular weight excluding hydrogens is 314 g/mol. The first-order valence-corrected chi connectivity index (χ1v) is 8.63. The van der Waals surface area contributed by atoms with Gasteiger partial charge in [-0.3, -0.25) is 4.79 Å². The van der Waals surface area contributed by atoms with Crippen LogP contribution in [0, 0.1) is 6.92 Å². The quantitative estimate of drug-likeness (QED) is 0.793. The van der Waals surface area contributed by atoms with Gasteiger partial charge in [-0.1, -0.05) is 44.2 Å². The second-order valence-corrected chi connectivity index (χ2v) is 6.40. The Kier molecular flexibility index (Phi) is 6.87. The summed E-state index contributed by atoms with van der Waals surface area (Å²) in [6.07, 6.45) is 0.720. The summed E-state index contributed by atoms with van der Waals surface area (Å²) < 4.78 is 11.1. The molecule has 0 aliphatic rings. The smallest absolute Gasteiger partial charge is 0.257 e. The third-order valence-electron chi connectivity index (χ3n) is 4.06. The molecule has 4 heteroatoms. The van der Waals surface area contributed by atoms with Crippen molar-refractivity contribution in [2.24, 2.45) is 0 Å². The molecule has 4 nitrogen and oxygen atoms in total. The summed E-state index contributed by atoms with van der Waals surface area (Å²) in [5.74, 6) is 1.86. The molecule has 0 radical (unpaired) electrons. The van der Waals surface area contributed by atoms with Crippen molar-refractivity contribution in [3.8, 4) is 11.5 Å². The van der Waals surface area contributed by atoms with E-state index in [1.807, 2.05) is 37.3 Å². The standard InChI is InChI=1S/C21H27NO3/c1-15(2)18-10-9-16(3)13-20(18)25-14-21(23)22-12-11-17-7-5-6-8-19(17)24-4/h5-10,13,15H,11-12,14H2,1-4H3,(H,22,23). The zero-order chi connectivity index (χ0) is 18.2. The van der Waals surface area contributed by atoms with Crippen molar-refractivity contribution < 1.29 is 14.3 Å². The largest absolute Gasteiger partial charge is 0.496 e. The lowest BCUT2D eigenvalue weighted by Gasteiger charge is -2.15. The summed E-state index contributed by atoms with van der Waals surface area (Å²) in [5, 5.41) is 2.90. The van der Waals surface area contributed by atoms with Gasteiger partial charge >= 0.3 is 0 Å². The molecule has 0 saturated carbocycles. The fraction of sp³-hybridized carbons (Fsp3) is 0.381. The molecule has 0 aromatic heterocycles. The molecule has 0 bridgehead atoms. The summed E-state index contributed by atoms with van der Waals surface area (Å²) in [5.41, 5.74) is 3.32. The topological polar surface area (TPSA) is 47.6 Å². The SMILES string of the molecule is COc1ccccc1CCNC(=O)COc1cc(C)ccc1C(C)C. The van der Waals surface area contributed by atoms with Crippen LogP contribution in [0.25, 0.3) is 0 Å². The highest BCUT2D eigenvalue weighted by atomic mass is 16.5. The number of benzene rings is 2. The van der Waals surface area contributed by atoms with Gasteiger partial charge in [0.05, 0.1) is 7.11 Å². The van der Waals surface area contributed by atoms with E-state index >= 15 is 0 Å². The van der Waals surface area contributed by atoms with Crippen molar-refractivity contribution in [2.75, 3.05) is 20.3 Å². The first-order chi connectivity index (χ1) is 12.0. The molecule has 25 heavy (non-hydrogen) atoms. The van der Waals surface area contributed by atoms with Crippen LogP contribution in [-0.4, -0.2) is 26.2 Å². The highest BCUT2D eigenvalue weighted by molar-refractivity contribution is 5.77. The van der Waals surface area contributed by atoms with E-state index in [9.17, 15) is 4.79 Å². The van der Waals surface area contributed by atoms with Crippen molar-refractivity contribution in [3.05, 3.63) is 59.2 Å². The molecule has 0 aliphatic heterocycles. The van der Waals surface area contributed by atoms with E-state index in [-0.39, 0.29) is 12.5 Å². The number of methoxy groups -OCH3 is 1. The van der Waals surface area contributed by atoms with E-state index in [0.717, 1.165) is 34.6 Å². The summed E-state index contributed by atoms with van der Waals surface area (Å²) in [4.78, 5) is 12.1. The van der Waals surface area contributed by atoms with E-state index in [1.54, 1.807) is 7.11 Å². The van der Waals surface area contributed by atoms with Crippen LogP contribution in [0.1, 0.15) is 36.5 Å². The van der Waals surface area contributed by atoms with Gasteiger partial charge in [0.25, 0.3) is 5.91 Å². The lowest BCUT2D eigenvalue weighted by molar-refractivity contribution is -0.123. The molecule has 0 atom stereocenters. The Balaban J connectivity index is 1.84. The van der Waals surface area contributed by atoms with Gasteiger partial charge in [0.2, 0.25) is 0 Å². The van der Waals surface area contributed by atoms with E-state index in [1.165, 1.54) is 0 Å². The molecule has 0 saturated heterocycles. The molecule has 0 unspecified atom stereocenters. The Hall–Kier alpha value is -2.49. The van der Waals surface area contributed by atoms with Crippen molar-refractivity contribution >= 4 is 5.91 Å². The van der Waals surface area contributed by atoms with Crippen molar-refractivity contribution in [1.82, 2.24) is 5.32 Å².